The number of aliphatic hydroxyl groups is 2. The summed E-state index contributed by atoms with van der Waals surface area (Å²) in [6, 6.07) is 0. The predicted molar refractivity (Wildman–Crippen MR) is 73.7 cm³/mol. The van der Waals surface area contributed by atoms with Crippen molar-refractivity contribution in [2.45, 2.75) is 71.2 Å². The minimum Gasteiger partial charge on any atom is -0.393 e. The first-order valence-electron chi connectivity index (χ1n) is 7.72. The van der Waals surface area contributed by atoms with Gasteiger partial charge in [-0.25, -0.2) is 0 Å². The summed E-state index contributed by atoms with van der Waals surface area (Å²) in [5, 5.41) is 21.2. The van der Waals surface area contributed by atoms with Crippen LogP contribution in [0.3, 0.4) is 0 Å². The molecule has 1 heterocycles. The summed E-state index contributed by atoms with van der Waals surface area (Å²) in [6.45, 7) is 9.41. The molecule has 3 aliphatic rings. The molecular weight excluding hydrogens is 240 g/mol. The lowest BCUT2D eigenvalue weighted by Gasteiger charge is -2.62. The summed E-state index contributed by atoms with van der Waals surface area (Å²) < 4.78 is 5.93. The normalized spacial score (nSPS) is 56.5. The molecule has 1 saturated heterocycles. The summed E-state index contributed by atoms with van der Waals surface area (Å²) in [7, 11) is 0. The van der Waals surface area contributed by atoms with Crippen molar-refractivity contribution in [1.82, 2.24) is 0 Å². The van der Waals surface area contributed by atoms with Crippen molar-refractivity contribution in [3.05, 3.63) is 0 Å². The molecule has 3 nitrogen and oxygen atoms in total. The second kappa shape index (κ2) is 3.96. The fourth-order valence-electron chi connectivity index (χ4n) is 5.79. The second-order valence-corrected chi connectivity index (χ2v) is 8.17. The van der Waals surface area contributed by atoms with E-state index < -0.39 is 6.10 Å². The highest BCUT2D eigenvalue weighted by Gasteiger charge is 2.66. The Morgan fingerprint density at radius 2 is 1.68 bits per heavy atom. The molecule has 0 spiro atoms. The van der Waals surface area contributed by atoms with Gasteiger partial charge in [0.05, 0.1) is 24.4 Å². The average Bonchev–Trinajstić information content (AvgIpc) is 2.62. The van der Waals surface area contributed by atoms with Gasteiger partial charge in [-0.2, -0.15) is 0 Å². The molecule has 0 aromatic rings. The summed E-state index contributed by atoms with van der Waals surface area (Å²) in [4.78, 5) is 0. The van der Waals surface area contributed by atoms with E-state index in [9.17, 15) is 10.2 Å². The minimum atomic E-state index is -0.429. The van der Waals surface area contributed by atoms with Crippen LogP contribution in [0.5, 0.6) is 0 Å². The van der Waals surface area contributed by atoms with Crippen LogP contribution in [0.4, 0.5) is 0 Å². The molecule has 2 N–H and O–H groups in total. The van der Waals surface area contributed by atoms with Crippen LogP contribution in [0.15, 0.2) is 0 Å². The molecule has 0 aromatic heterocycles. The van der Waals surface area contributed by atoms with Gasteiger partial charge in [-0.15, -0.1) is 0 Å². The second-order valence-electron chi connectivity index (χ2n) is 8.17. The summed E-state index contributed by atoms with van der Waals surface area (Å²) in [5.41, 5.74) is -0.221. The Kier molecular flexibility index (Phi) is 2.88. The molecule has 0 bridgehead atoms. The molecule has 110 valence electrons. The first kappa shape index (κ1) is 13.8. The molecule has 3 heteroatoms. The van der Waals surface area contributed by atoms with Crippen molar-refractivity contribution in [1.29, 1.82) is 0 Å². The molecule has 2 aliphatic carbocycles. The molecule has 1 aliphatic heterocycles. The molecule has 0 unspecified atom stereocenters. The van der Waals surface area contributed by atoms with E-state index in [1.54, 1.807) is 0 Å². The molecule has 3 rings (SSSR count). The monoisotopic (exact) mass is 268 g/mol. The Balaban J connectivity index is 2.06. The molecular formula is C16H28O3. The Morgan fingerprint density at radius 1 is 1.00 bits per heavy atom. The van der Waals surface area contributed by atoms with Crippen molar-refractivity contribution in [3.63, 3.8) is 0 Å². The lowest BCUT2D eigenvalue weighted by Crippen LogP contribution is -2.63. The van der Waals surface area contributed by atoms with Crippen LogP contribution in [0.1, 0.15) is 53.4 Å². The van der Waals surface area contributed by atoms with Crippen molar-refractivity contribution in [2.24, 2.45) is 22.7 Å². The fraction of sp³-hybridized carbons (Fsp3) is 1.00. The molecule has 0 radical (unpaired) electrons. The van der Waals surface area contributed by atoms with Crippen molar-refractivity contribution in [2.75, 3.05) is 6.61 Å². The van der Waals surface area contributed by atoms with E-state index in [1.807, 2.05) is 0 Å². The third kappa shape index (κ3) is 1.68. The van der Waals surface area contributed by atoms with E-state index in [0.29, 0.717) is 12.5 Å². The van der Waals surface area contributed by atoms with E-state index in [2.05, 4.69) is 27.7 Å². The average molecular weight is 268 g/mol. The van der Waals surface area contributed by atoms with Gasteiger partial charge in [-0.05, 0) is 43.9 Å². The summed E-state index contributed by atoms with van der Waals surface area (Å²) >= 11 is 0. The maximum Gasteiger partial charge on any atom is 0.0835 e. The number of hydrogen-bond donors (Lipinski definition) is 2. The van der Waals surface area contributed by atoms with Crippen LogP contribution in [-0.2, 0) is 4.74 Å². The summed E-state index contributed by atoms with van der Waals surface area (Å²) in [5.74, 6) is 0.534. The van der Waals surface area contributed by atoms with Crippen LogP contribution in [-0.4, -0.2) is 34.6 Å². The van der Waals surface area contributed by atoms with Gasteiger partial charge < -0.3 is 14.9 Å². The smallest absolute Gasteiger partial charge is 0.0835 e. The van der Waals surface area contributed by atoms with Gasteiger partial charge in [0.2, 0.25) is 0 Å². The van der Waals surface area contributed by atoms with Crippen LogP contribution >= 0.6 is 0 Å². The number of aliphatic hydroxyl groups excluding tert-OH is 2. The molecule has 0 amide bonds. The number of fused-ring (bicyclic) bond motifs is 3. The Hall–Kier alpha value is -0.120. The topological polar surface area (TPSA) is 49.7 Å². The Labute approximate surface area is 116 Å². The maximum absolute atomic E-state index is 10.7. The van der Waals surface area contributed by atoms with Gasteiger partial charge in [-0.3, -0.25) is 0 Å². The van der Waals surface area contributed by atoms with Crippen molar-refractivity contribution >= 4 is 0 Å². The predicted octanol–water partition coefficient (Wildman–Crippen LogP) is 2.35. The van der Waals surface area contributed by atoms with Crippen molar-refractivity contribution in [3.8, 4) is 0 Å². The largest absolute Gasteiger partial charge is 0.393 e. The van der Waals surface area contributed by atoms with Crippen molar-refractivity contribution < 1.29 is 14.9 Å². The molecule has 0 aromatic carbocycles. The van der Waals surface area contributed by atoms with E-state index in [4.69, 9.17) is 4.74 Å². The van der Waals surface area contributed by atoms with Gasteiger partial charge >= 0.3 is 0 Å². The molecule has 3 fully saturated rings. The molecule has 19 heavy (non-hydrogen) atoms. The highest BCUT2D eigenvalue weighted by atomic mass is 16.5. The van der Waals surface area contributed by atoms with Gasteiger partial charge in [-0.1, -0.05) is 20.8 Å². The SMILES string of the molecule is CC1(C)CC[C@H](O)[C@]2(C)[C@H]3[C@H](O)CO[C@]3(C)CC[C@@H]12. The molecule has 6 atom stereocenters. The van der Waals surface area contributed by atoms with Crippen LogP contribution in [0.25, 0.3) is 0 Å². The van der Waals surface area contributed by atoms with E-state index in [0.717, 1.165) is 25.7 Å². The number of hydrogen-bond acceptors (Lipinski definition) is 3. The Morgan fingerprint density at radius 3 is 2.37 bits per heavy atom. The zero-order chi connectivity index (χ0) is 14.1. The third-order valence-electron chi connectivity index (χ3n) is 6.70. The van der Waals surface area contributed by atoms with Crippen LogP contribution < -0.4 is 0 Å². The van der Waals surface area contributed by atoms with Crippen LogP contribution in [0, 0.1) is 22.7 Å². The van der Waals surface area contributed by atoms with E-state index in [-0.39, 0.29) is 28.5 Å². The highest BCUT2D eigenvalue weighted by molar-refractivity contribution is 5.14. The zero-order valence-electron chi connectivity index (χ0n) is 12.6. The first-order valence-corrected chi connectivity index (χ1v) is 7.72. The molecule has 2 saturated carbocycles. The lowest BCUT2D eigenvalue weighted by molar-refractivity contribution is -0.205. The maximum atomic E-state index is 10.7. The van der Waals surface area contributed by atoms with Crippen LogP contribution in [0.2, 0.25) is 0 Å². The standard InChI is InChI=1S/C16H28O3/c1-14(2)7-6-12(18)16(4)11(14)5-8-15(3)13(16)10(17)9-19-15/h10-13,17-18H,5-9H2,1-4H3/t10-,11+,12+,13+,15-,16-/m1/s1. The van der Waals surface area contributed by atoms with Gasteiger partial charge in [0.15, 0.2) is 0 Å². The highest BCUT2D eigenvalue weighted by Crippen LogP contribution is 2.64. The van der Waals surface area contributed by atoms with E-state index >= 15 is 0 Å². The first-order chi connectivity index (χ1) is 8.72. The van der Waals surface area contributed by atoms with Gasteiger partial charge in [0, 0.05) is 11.3 Å². The number of ether oxygens (including phenoxy) is 1. The quantitative estimate of drug-likeness (QED) is 0.709. The fourth-order valence-corrected chi connectivity index (χ4v) is 5.79. The number of rotatable bonds is 0. The van der Waals surface area contributed by atoms with E-state index in [1.165, 1.54) is 0 Å². The third-order valence-corrected chi connectivity index (χ3v) is 6.70. The minimum absolute atomic E-state index is 0.0633. The zero-order valence-corrected chi connectivity index (χ0v) is 12.6. The van der Waals surface area contributed by atoms with Gasteiger partial charge in [0.1, 0.15) is 0 Å². The Bertz CT molecular complexity index is 380. The lowest BCUT2D eigenvalue weighted by atomic mass is 9.44. The summed E-state index contributed by atoms with van der Waals surface area (Å²) in [6.07, 6.45) is 3.28. The van der Waals surface area contributed by atoms with Gasteiger partial charge in [0.25, 0.3) is 0 Å².